The maximum atomic E-state index is 13.2. The zero-order valence-electron chi connectivity index (χ0n) is 11.7. The van der Waals surface area contributed by atoms with Gasteiger partial charge in [0.1, 0.15) is 11.6 Å². The van der Waals surface area contributed by atoms with Crippen LogP contribution >= 0.6 is 0 Å². The molecule has 0 radical (unpaired) electrons. The van der Waals surface area contributed by atoms with E-state index in [1.54, 1.807) is 0 Å². The van der Waals surface area contributed by atoms with Gasteiger partial charge in [0.15, 0.2) is 0 Å². The van der Waals surface area contributed by atoms with E-state index >= 15 is 0 Å². The third kappa shape index (κ3) is 2.11. The molecule has 0 saturated heterocycles. The average Bonchev–Trinajstić information content (AvgIpc) is 3.09. The van der Waals surface area contributed by atoms with Crippen molar-refractivity contribution in [3.63, 3.8) is 0 Å². The van der Waals surface area contributed by atoms with Crippen molar-refractivity contribution >= 4 is 6.21 Å². The summed E-state index contributed by atoms with van der Waals surface area (Å²) in [5.74, 6) is 1.25. The third-order valence-corrected chi connectivity index (χ3v) is 4.21. The number of aliphatic imine (C=N–C) groups is 1. The van der Waals surface area contributed by atoms with Crippen LogP contribution in [0.3, 0.4) is 0 Å². The van der Waals surface area contributed by atoms with E-state index in [-0.39, 0.29) is 5.82 Å². The van der Waals surface area contributed by atoms with E-state index in [0.717, 1.165) is 42.9 Å². The molecule has 0 spiro atoms. The summed E-state index contributed by atoms with van der Waals surface area (Å²) in [6.45, 7) is 1.03. The van der Waals surface area contributed by atoms with Crippen molar-refractivity contribution in [1.82, 2.24) is 9.55 Å². The molecule has 4 rings (SSSR count). The van der Waals surface area contributed by atoms with Crippen molar-refractivity contribution in [3.05, 3.63) is 53.9 Å². The van der Waals surface area contributed by atoms with Gasteiger partial charge in [0.2, 0.25) is 0 Å². The topological polar surface area (TPSA) is 30.2 Å². The first-order valence-corrected chi connectivity index (χ1v) is 7.36. The smallest absolute Gasteiger partial charge is 0.123 e. The molecule has 0 bridgehead atoms. The van der Waals surface area contributed by atoms with E-state index in [4.69, 9.17) is 4.98 Å². The lowest BCUT2D eigenvalue weighted by Gasteiger charge is -2.16. The standard InChI is InChI=1S/C17H16FN3/c18-14-5-3-12(4-6-14)16-17(13-7-9-19-10-8-13)21-11-1-2-15(21)20-16/h3-7,9-10,13H,1-2,8,11H2. The van der Waals surface area contributed by atoms with Crippen LogP contribution in [-0.4, -0.2) is 15.8 Å². The van der Waals surface area contributed by atoms with E-state index in [1.165, 1.54) is 17.8 Å². The van der Waals surface area contributed by atoms with Crippen LogP contribution in [0.5, 0.6) is 0 Å². The van der Waals surface area contributed by atoms with Gasteiger partial charge in [0.25, 0.3) is 0 Å². The minimum absolute atomic E-state index is 0.211. The summed E-state index contributed by atoms with van der Waals surface area (Å²) in [6.07, 6.45) is 9.03. The number of rotatable bonds is 2. The van der Waals surface area contributed by atoms with Crippen LogP contribution in [0.4, 0.5) is 4.39 Å². The largest absolute Gasteiger partial charge is 0.331 e. The molecule has 0 fully saturated rings. The number of aryl methyl sites for hydroxylation is 1. The van der Waals surface area contributed by atoms with Gasteiger partial charge >= 0.3 is 0 Å². The summed E-state index contributed by atoms with van der Waals surface area (Å²) >= 11 is 0. The van der Waals surface area contributed by atoms with Gasteiger partial charge in [-0.3, -0.25) is 4.99 Å². The normalized spacial score (nSPS) is 20.0. The fourth-order valence-corrected chi connectivity index (χ4v) is 3.22. The van der Waals surface area contributed by atoms with E-state index < -0.39 is 0 Å². The van der Waals surface area contributed by atoms with Gasteiger partial charge < -0.3 is 4.57 Å². The Morgan fingerprint density at radius 1 is 1.19 bits per heavy atom. The van der Waals surface area contributed by atoms with Crippen LogP contribution in [0.25, 0.3) is 11.3 Å². The predicted octanol–water partition coefficient (Wildman–Crippen LogP) is 3.71. The highest BCUT2D eigenvalue weighted by atomic mass is 19.1. The van der Waals surface area contributed by atoms with Gasteiger partial charge in [-0.15, -0.1) is 0 Å². The minimum Gasteiger partial charge on any atom is -0.331 e. The zero-order chi connectivity index (χ0) is 14.2. The Hall–Kier alpha value is -2.23. The Morgan fingerprint density at radius 3 is 2.81 bits per heavy atom. The maximum absolute atomic E-state index is 13.2. The molecule has 0 aliphatic carbocycles. The summed E-state index contributed by atoms with van der Waals surface area (Å²) in [5, 5.41) is 0. The Labute approximate surface area is 122 Å². The number of fused-ring (bicyclic) bond motifs is 1. The lowest BCUT2D eigenvalue weighted by Crippen LogP contribution is -2.08. The molecule has 2 aliphatic heterocycles. The van der Waals surface area contributed by atoms with Gasteiger partial charge in [0, 0.05) is 36.9 Å². The lowest BCUT2D eigenvalue weighted by atomic mass is 9.96. The number of benzene rings is 1. The quantitative estimate of drug-likeness (QED) is 0.825. The van der Waals surface area contributed by atoms with Crippen molar-refractivity contribution in [2.75, 3.05) is 0 Å². The first-order valence-electron chi connectivity index (χ1n) is 7.36. The average molecular weight is 281 g/mol. The van der Waals surface area contributed by atoms with E-state index in [0.29, 0.717) is 5.92 Å². The van der Waals surface area contributed by atoms with E-state index in [2.05, 4.69) is 15.6 Å². The summed E-state index contributed by atoms with van der Waals surface area (Å²) in [4.78, 5) is 8.99. The van der Waals surface area contributed by atoms with Crippen LogP contribution in [-0.2, 0) is 13.0 Å². The van der Waals surface area contributed by atoms with Crippen LogP contribution in [0.2, 0.25) is 0 Å². The molecule has 1 aromatic heterocycles. The second-order valence-electron chi connectivity index (χ2n) is 5.54. The summed E-state index contributed by atoms with van der Waals surface area (Å²) in [5.41, 5.74) is 3.23. The number of hydrogen-bond donors (Lipinski definition) is 0. The van der Waals surface area contributed by atoms with Crippen molar-refractivity contribution in [1.29, 1.82) is 0 Å². The number of halogens is 1. The van der Waals surface area contributed by atoms with Gasteiger partial charge in [0.05, 0.1) is 11.4 Å². The SMILES string of the molecule is Fc1ccc(-c2nc3n(c2C2C=CN=CC2)CCC3)cc1. The molecule has 106 valence electrons. The molecule has 21 heavy (non-hydrogen) atoms. The number of imidazole rings is 1. The zero-order valence-corrected chi connectivity index (χ0v) is 11.7. The molecule has 3 heterocycles. The molecular formula is C17H16FN3. The Morgan fingerprint density at radius 2 is 2.05 bits per heavy atom. The monoisotopic (exact) mass is 281 g/mol. The predicted molar refractivity (Wildman–Crippen MR) is 80.9 cm³/mol. The van der Waals surface area contributed by atoms with Crippen molar-refractivity contribution in [2.24, 2.45) is 4.99 Å². The van der Waals surface area contributed by atoms with E-state index in [9.17, 15) is 4.39 Å². The van der Waals surface area contributed by atoms with Crippen molar-refractivity contribution < 1.29 is 4.39 Å². The number of allylic oxidation sites excluding steroid dienone is 1. The highest BCUT2D eigenvalue weighted by Gasteiger charge is 2.26. The van der Waals surface area contributed by atoms with Gasteiger partial charge in [-0.1, -0.05) is 6.08 Å². The van der Waals surface area contributed by atoms with Crippen LogP contribution in [0.1, 0.15) is 30.3 Å². The van der Waals surface area contributed by atoms with Gasteiger partial charge in [-0.05, 0) is 37.1 Å². The second kappa shape index (κ2) is 4.95. The molecule has 0 amide bonds. The second-order valence-corrected chi connectivity index (χ2v) is 5.54. The van der Waals surface area contributed by atoms with Gasteiger partial charge in [-0.25, -0.2) is 9.37 Å². The maximum Gasteiger partial charge on any atom is 0.123 e. The van der Waals surface area contributed by atoms with Crippen molar-refractivity contribution in [2.45, 2.75) is 31.7 Å². The van der Waals surface area contributed by atoms with Crippen molar-refractivity contribution in [3.8, 4) is 11.3 Å². The molecule has 1 unspecified atom stereocenters. The van der Waals surface area contributed by atoms with Crippen LogP contribution in [0, 0.1) is 5.82 Å². The molecule has 3 nitrogen and oxygen atoms in total. The first kappa shape index (κ1) is 12.5. The van der Waals surface area contributed by atoms with E-state index in [1.807, 2.05) is 24.5 Å². The first-order chi connectivity index (χ1) is 10.3. The van der Waals surface area contributed by atoms with Crippen LogP contribution < -0.4 is 0 Å². The number of nitrogens with zero attached hydrogens (tertiary/aromatic N) is 3. The molecule has 0 N–H and O–H groups in total. The van der Waals surface area contributed by atoms with Crippen LogP contribution in [0.15, 0.2) is 41.5 Å². The molecule has 0 saturated carbocycles. The Bertz CT molecular complexity index is 725. The third-order valence-electron chi connectivity index (χ3n) is 4.21. The highest BCUT2D eigenvalue weighted by molar-refractivity contribution is 5.67. The molecule has 1 aromatic carbocycles. The lowest BCUT2D eigenvalue weighted by molar-refractivity contribution is 0.628. The molecule has 2 aromatic rings. The molecule has 2 aliphatic rings. The summed E-state index contributed by atoms with van der Waals surface area (Å²) in [7, 11) is 0. The highest BCUT2D eigenvalue weighted by Crippen LogP contribution is 2.35. The fraction of sp³-hybridized carbons (Fsp3) is 0.294. The fourth-order valence-electron chi connectivity index (χ4n) is 3.22. The Kier molecular flexibility index (Phi) is 2.95. The number of hydrogen-bond acceptors (Lipinski definition) is 2. The molecule has 4 heteroatoms. The minimum atomic E-state index is -0.211. The Balaban J connectivity index is 1.85. The number of aromatic nitrogens is 2. The molecular weight excluding hydrogens is 265 g/mol. The molecule has 1 atom stereocenters. The van der Waals surface area contributed by atoms with Gasteiger partial charge in [-0.2, -0.15) is 0 Å². The summed E-state index contributed by atoms with van der Waals surface area (Å²) < 4.78 is 15.5. The summed E-state index contributed by atoms with van der Waals surface area (Å²) in [6, 6.07) is 6.64.